The molecule has 1 aromatic heterocycles. The second-order valence-electron chi connectivity index (χ2n) is 12.0. The van der Waals surface area contributed by atoms with Gasteiger partial charge < -0.3 is 26.2 Å². The molecule has 228 valence electrons. The number of amides is 1. The van der Waals surface area contributed by atoms with Crippen LogP contribution in [0.2, 0.25) is 0 Å². The zero-order valence-corrected chi connectivity index (χ0v) is 25.1. The fourth-order valence-electron chi connectivity index (χ4n) is 5.58. The van der Waals surface area contributed by atoms with Gasteiger partial charge in [-0.05, 0) is 83.6 Å². The van der Waals surface area contributed by atoms with Crippen molar-refractivity contribution >= 4 is 11.6 Å². The summed E-state index contributed by atoms with van der Waals surface area (Å²) < 4.78 is 46.6. The Bertz CT molecular complexity index is 997. The zero-order chi connectivity index (χ0) is 30.1. The van der Waals surface area contributed by atoms with E-state index in [9.17, 15) is 18.0 Å². The standard InChI is InChI=1S/C12H19F2NO.C12H20FN3.C6H11NO/c1-4-8(2)11(9(3)15)10-7-16-6-5-12(10,13)14;1-8-15-7-10(16-8)11(14)9-4-3-5-12(2,13)6-9;1-5-2-3-6(8)7-4-5/h10,15H,4-7H2,1-3H3;7,9,11H,3-6,14H2,1-2H3,(H,15,16);5H,2-4H2,1H3,(H,7,8). The number of hydrogen-bond acceptors (Lipinski definition) is 5. The summed E-state index contributed by atoms with van der Waals surface area (Å²) in [5.74, 6) is -1.70. The first kappa shape index (κ1) is 34.0. The molecule has 10 heteroatoms. The van der Waals surface area contributed by atoms with Crippen LogP contribution in [0, 0.1) is 30.1 Å². The lowest BCUT2D eigenvalue weighted by Crippen LogP contribution is -2.40. The lowest BCUT2D eigenvalue weighted by molar-refractivity contribution is -0.126. The van der Waals surface area contributed by atoms with Gasteiger partial charge in [-0.25, -0.2) is 18.2 Å². The predicted octanol–water partition coefficient (Wildman–Crippen LogP) is 6.59. The molecule has 2 aliphatic heterocycles. The number of H-pyrrole nitrogens is 1. The maximum Gasteiger partial charge on any atom is 0.259 e. The van der Waals surface area contributed by atoms with Crippen LogP contribution >= 0.6 is 0 Å². The van der Waals surface area contributed by atoms with Crippen LogP contribution in [0.4, 0.5) is 13.2 Å². The highest BCUT2D eigenvalue weighted by Gasteiger charge is 2.45. The highest BCUT2D eigenvalue weighted by Crippen LogP contribution is 2.40. The van der Waals surface area contributed by atoms with Crippen LogP contribution in [0.1, 0.15) is 104 Å². The van der Waals surface area contributed by atoms with Gasteiger partial charge in [0, 0.05) is 37.3 Å². The predicted molar refractivity (Wildman–Crippen MR) is 153 cm³/mol. The van der Waals surface area contributed by atoms with Crippen LogP contribution in [0.5, 0.6) is 0 Å². The molecule has 0 aromatic carbocycles. The van der Waals surface area contributed by atoms with E-state index in [0.29, 0.717) is 30.8 Å². The van der Waals surface area contributed by atoms with Crippen molar-refractivity contribution in [2.45, 2.75) is 111 Å². The first-order chi connectivity index (χ1) is 18.7. The lowest BCUT2D eigenvalue weighted by atomic mass is 9.76. The molecule has 3 fully saturated rings. The maximum atomic E-state index is 13.9. The van der Waals surface area contributed by atoms with Crippen LogP contribution in [0.15, 0.2) is 17.3 Å². The molecular weight excluding hydrogens is 519 g/mol. The summed E-state index contributed by atoms with van der Waals surface area (Å²) in [6.07, 6.45) is 7.17. The van der Waals surface area contributed by atoms with Crippen LogP contribution in [-0.4, -0.2) is 52.9 Å². The largest absolute Gasteiger partial charge is 0.380 e. The van der Waals surface area contributed by atoms with E-state index in [1.807, 2.05) is 20.8 Å². The molecule has 4 rings (SSSR count). The number of aromatic amines is 1. The van der Waals surface area contributed by atoms with Gasteiger partial charge in [-0.3, -0.25) is 4.79 Å². The summed E-state index contributed by atoms with van der Waals surface area (Å²) >= 11 is 0. The van der Waals surface area contributed by atoms with Crippen LogP contribution in [0.25, 0.3) is 0 Å². The number of carbonyl (C=O) groups excluding carboxylic acids is 1. The molecule has 3 aliphatic rings. The summed E-state index contributed by atoms with van der Waals surface area (Å²) in [4.78, 5) is 17.8. The van der Waals surface area contributed by atoms with Gasteiger partial charge in [0.05, 0.1) is 24.8 Å². The van der Waals surface area contributed by atoms with E-state index in [-0.39, 0.29) is 43.2 Å². The number of ether oxygens (including phenoxy) is 1. The average Bonchev–Trinajstić information content (AvgIpc) is 3.32. The number of halogens is 3. The molecule has 40 heavy (non-hydrogen) atoms. The minimum absolute atomic E-state index is 0.0237. The van der Waals surface area contributed by atoms with E-state index in [1.165, 1.54) is 0 Å². The number of nitrogens with one attached hydrogen (secondary N) is 3. The summed E-state index contributed by atoms with van der Waals surface area (Å²) in [7, 11) is 0. The van der Waals surface area contributed by atoms with Crippen molar-refractivity contribution < 1.29 is 22.7 Å². The minimum atomic E-state index is -2.74. The molecule has 1 amide bonds. The Hall–Kier alpha value is -2.20. The highest BCUT2D eigenvalue weighted by molar-refractivity contribution is 5.97. The number of aromatic nitrogens is 2. The number of allylic oxidation sites excluding steroid dienone is 1. The second kappa shape index (κ2) is 15.1. The molecule has 1 saturated carbocycles. The number of rotatable bonds is 5. The fourth-order valence-corrected chi connectivity index (χ4v) is 5.58. The van der Waals surface area contributed by atoms with Gasteiger partial charge in [-0.1, -0.05) is 19.4 Å². The molecule has 0 bridgehead atoms. The molecule has 7 nitrogen and oxygen atoms in total. The van der Waals surface area contributed by atoms with Crippen LogP contribution in [0.3, 0.4) is 0 Å². The Balaban J connectivity index is 0.000000222. The van der Waals surface area contributed by atoms with Crippen molar-refractivity contribution in [1.29, 1.82) is 5.41 Å². The van der Waals surface area contributed by atoms with E-state index in [4.69, 9.17) is 15.9 Å². The number of piperidine rings is 1. The van der Waals surface area contributed by atoms with Gasteiger partial charge >= 0.3 is 0 Å². The summed E-state index contributed by atoms with van der Waals surface area (Å²) in [6.45, 7) is 12.0. The van der Waals surface area contributed by atoms with Gasteiger partial charge in [0.15, 0.2) is 0 Å². The number of hydrogen-bond donors (Lipinski definition) is 4. The quantitative estimate of drug-likeness (QED) is 0.299. The van der Waals surface area contributed by atoms with E-state index in [0.717, 1.165) is 49.3 Å². The van der Waals surface area contributed by atoms with Gasteiger partial charge in [-0.15, -0.1) is 0 Å². The fraction of sp³-hybridized carbons (Fsp3) is 0.767. The molecule has 3 heterocycles. The molecular formula is C30H50F3N5O2. The Kier molecular flexibility index (Phi) is 12.9. The Morgan fingerprint density at radius 1 is 1.27 bits per heavy atom. The third-order valence-corrected chi connectivity index (χ3v) is 8.18. The van der Waals surface area contributed by atoms with E-state index >= 15 is 0 Å². The highest BCUT2D eigenvalue weighted by atomic mass is 19.3. The zero-order valence-electron chi connectivity index (χ0n) is 25.1. The number of nitrogens with zero attached hydrogens (tertiary/aromatic N) is 1. The van der Waals surface area contributed by atoms with Gasteiger partial charge in [-0.2, -0.15) is 0 Å². The van der Waals surface area contributed by atoms with Crippen molar-refractivity contribution in [1.82, 2.24) is 15.3 Å². The molecule has 2 saturated heterocycles. The molecule has 0 radical (unpaired) electrons. The molecule has 0 spiro atoms. The topological polar surface area (TPSA) is 117 Å². The van der Waals surface area contributed by atoms with E-state index in [1.54, 1.807) is 20.0 Å². The Morgan fingerprint density at radius 3 is 2.45 bits per heavy atom. The molecule has 5 unspecified atom stereocenters. The molecule has 5 atom stereocenters. The molecule has 1 aromatic rings. The SMILES string of the molecule is CC1CCC(=O)NC1.CCC(C)=C(C(C)=N)C1COCCC1(F)F.Cc1ncc(C(N)C2CCCC(C)(F)C2)[nH]1. The van der Waals surface area contributed by atoms with E-state index in [2.05, 4.69) is 22.2 Å². The summed E-state index contributed by atoms with van der Waals surface area (Å²) in [5, 5.41) is 10.4. The normalized spacial score (nSPS) is 29.4. The van der Waals surface area contributed by atoms with Crippen molar-refractivity contribution in [2.24, 2.45) is 23.5 Å². The number of aryl methyl sites for hydroxylation is 1. The van der Waals surface area contributed by atoms with Gasteiger partial charge in [0.25, 0.3) is 5.92 Å². The second-order valence-corrected chi connectivity index (χ2v) is 12.0. The molecule has 5 N–H and O–H groups in total. The third-order valence-electron chi connectivity index (χ3n) is 8.18. The molecule has 1 aliphatic carbocycles. The van der Waals surface area contributed by atoms with Crippen LogP contribution in [-0.2, 0) is 9.53 Å². The first-order valence-corrected chi connectivity index (χ1v) is 14.6. The van der Waals surface area contributed by atoms with Crippen LogP contribution < -0.4 is 11.1 Å². The van der Waals surface area contributed by atoms with Gasteiger partial charge in [0.1, 0.15) is 11.5 Å². The average molecular weight is 570 g/mol. The lowest BCUT2D eigenvalue weighted by Gasteiger charge is -2.34. The number of carbonyl (C=O) groups is 1. The van der Waals surface area contributed by atoms with Crippen molar-refractivity contribution in [3.05, 3.63) is 28.9 Å². The maximum absolute atomic E-state index is 13.9. The van der Waals surface area contributed by atoms with Crippen molar-refractivity contribution in [3.8, 4) is 0 Å². The third kappa shape index (κ3) is 10.3. The summed E-state index contributed by atoms with van der Waals surface area (Å²) in [6, 6.07) is -0.114. The van der Waals surface area contributed by atoms with Crippen molar-refractivity contribution in [3.63, 3.8) is 0 Å². The minimum Gasteiger partial charge on any atom is -0.380 e. The number of imidazole rings is 1. The smallest absolute Gasteiger partial charge is 0.259 e. The monoisotopic (exact) mass is 569 g/mol. The number of nitrogens with two attached hydrogens (primary N) is 1. The van der Waals surface area contributed by atoms with Gasteiger partial charge in [0.2, 0.25) is 5.91 Å². The first-order valence-electron chi connectivity index (χ1n) is 14.6. The number of alkyl halides is 3. The Labute approximate surface area is 237 Å². The van der Waals surface area contributed by atoms with Crippen molar-refractivity contribution in [2.75, 3.05) is 19.8 Å². The van der Waals surface area contributed by atoms with E-state index < -0.39 is 17.5 Å². The summed E-state index contributed by atoms with van der Waals surface area (Å²) in [5.41, 5.74) is 7.62. The Morgan fingerprint density at radius 2 is 1.98 bits per heavy atom.